The molecule has 1 heterocycles. The van der Waals surface area contributed by atoms with Crippen molar-refractivity contribution < 1.29 is 14.3 Å². The van der Waals surface area contributed by atoms with Gasteiger partial charge < -0.3 is 10.1 Å². The zero-order valence-corrected chi connectivity index (χ0v) is 15.5. The lowest BCUT2D eigenvalue weighted by molar-refractivity contribution is -0.142. The molecule has 3 aromatic rings. The van der Waals surface area contributed by atoms with Crippen molar-refractivity contribution in [1.29, 1.82) is 0 Å². The standard InChI is InChI=1S/C18H15N3O3S2/c1-25-13-8-5-12(6-9-13)7-10-17(23)24-11-16(22)19-14-3-2-4-15-18(14)21-26-20-15/h2-10H,11H2,1H3,(H,19,22). The molecule has 0 aliphatic rings. The van der Waals surface area contributed by atoms with Crippen LogP contribution >= 0.6 is 23.5 Å². The first-order chi connectivity index (χ1) is 12.7. The van der Waals surface area contributed by atoms with E-state index in [0.29, 0.717) is 16.7 Å². The van der Waals surface area contributed by atoms with Crippen LogP contribution in [-0.4, -0.2) is 33.5 Å². The van der Waals surface area contributed by atoms with Gasteiger partial charge in [0.2, 0.25) is 0 Å². The maximum Gasteiger partial charge on any atom is 0.331 e. The van der Waals surface area contributed by atoms with E-state index in [9.17, 15) is 9.59 Å². The fourth-order valence-corrected chi connectivity index (χ4v) is 3.12. The van der Waals surface area contributed by atoms with E-state index in [4.69, 9.17) is 4.74 Å². The van der Waals surface area contributed by atoms with E-state index in [2.05, 4.69) is 14.1 Å². The fraction of sp³-hybridized carbons (Fsp3) is 0.111. The van der Waals surface area contributed by atoms with Gasteiger partial charge in [0.25, 0.3) is 5.91 Å². The molecule has 0 spiro atoms. The Morgan fingerprint density at radius 3 is 2.77 bits per heavy atom. The molecular formula is C18H15N3O3S2. The van der Waals surface area contributed by atoms with Crippen LogP contribution in [0.2, 0.25) is 0 Å². The summed E-state index contributed by atoms with van der Waals surface area (Å²) in [6.45, 7) is -0.372. The van der Waals surface area contributed by atoms with Crippen molar-refractivity contribution >= 4 is 58.2 Å². The molecule has 3 rings (SSSR count). The second-order valence-corrected chi connectivity index (χ2v) is 6.61. The summed E-state index contributed by atoms with van der Waals surface area (Å²) in [5, 5.41) is 2.67. The van der Waals surface area contributed by atoms with Crippen molar-refractivity contribution in [2.24, 2.45) is 0 Å². The Morgan fingerprint density at radius 1 is 1.19 bits per heavy atom. The number of aromatic nitrogens is 2. The molecular weight excluding hydrogens is 370 g/mol. The first-order valence-corrected chi connectivity index (χ1v) is 9.61. The molecule has 2 aromatic carbocycles. The van der Waals surface area contributed by atoms with Crippen molar-refractivity contribution in [3.63, 3.8) is 0 Å². The quantitative estimate of drug-likeness (QED) is 0.397. The van der Waals surface area contributed by atoms with Gasteiger partial charge in [-0.2, -0.15) is 8.75 Å². The number of carbonyl (C=O) groups is 2. The highest BCUT2D eigenvalue weighted by Gasteiger charge is 2.10. The van der Waals surface area contributed by atoms with Crippen LogP contribution < -0.4 is 5.32 Å². The molecule has 0 aliphatic heterocycles. The molecule has 1 N–H and O–H groups in total. The number of thioether (sulfide) groups is 1. The van der Waals surface area contributed by atoms with Gasteiger partial charge in [-0.3, -0.25) is 4.79 Å². The minimum absolute atomic E-state index is 0.372. The molecule has 26 heavy (non-hydrogen) atoms. The summed E-state index contributed by atoms with van der Waals surface area (Å²) < 4.78 is 13.2. The lowest BCUT2D eigenvalue weighted by Gasteiger charge is -2.05. The molecule has 0 aliphatic carbocycles. The average Bonchev–Trinajstić information content (AvgIpc) is 3.15. The van der Waals surface area contributed by atoms with Crippen LogP contribution in [0.1, 0.15) is 5.56 Å². The third kappa shape index (κ3) is 4.68. The van der Waals surface area contributed by atoms with Gasteiger partial charge in [0.1, 0.15) is 11.0 Å². The Morgan fingerprint density at radius 2 is 2.00 bits per heavy atom. The third-order valence-electron chi connectivity index (χ3n) is 3.43. The summed E-state index contributed by atoms with van der Waals surface area (Å²) in [6, 6.07) is 13.1. The second kappa shape index (κ2) is 8.59. The highest BCUT2D eigenvalue weighted by atomic mass is 32.2. The highest BCUT2D eigenvalue weighted by molar-refractivity contribution is 7.98. The van der Waals surface area contributed by atoms with Gasteiger partial charge in [0.15, 0.2) is 6.61 Å². The highest BCUT2D eigenvalue weighted by Crippen LogP contribution is 2.21. The molecule has 0 atom stereocenters. The molecule has 0 saturated carbocycles. The van der Waals surface area contributed by atoms with E-state index < -0.39 is 11.9 Å². The predicted octanol–water partition coefficient (Wildman–Crippen LogP) is 3.61. The molecule has 1 aromatic heterocycles. The largest absolute Gasteiger partial charge is 0.452 e. The van der Waals surface area contributed by atoms with Gasteiger partial charge >= 0.3 is 5.97 Å². The maximum atomic E-state index is 12.0. The van der Waals surface area contributed by atoms with Crippen LogP contribution in [0.4, 0.5) is 5.69 Å². The summed E-state index contributed by atoms with van der Waals surface area (Å²) in [5.74, 6) is -1.01. The van der Waals surface area contributed by atoms with Gasteiger partial charge in [-0.15, -0.1) is 11.8 Å². The van der Waals surface area contributed by atoms with Crippen molar-refractivity contribution in [1.82, 2.24) is 8.75 Å². The van der Waals surface area contributed by atoms with E-state index in [0.717, 1.165) is 22.2 Å². The minimum Gasteiger partial charge on any atom is -0.452 e. The molecule has 0 radical (unpaired) electrons. The van der Waals surface area contributed by atoms with Crippen molar-refractivity contribution in [3.8, 4) is 0 Å². The summed E-state index contributed by atoms with van der Waals surface area (Å²) >= 11 is 2.72. The number of amides is 1. The maximum absolute atomic E-state index is 12.0. The Labute approximate surface area is 158 Å². The van der Waals surface area contributed by atoms with Crippen LogP contribution in [0.15, 0.2) is 53.4 Å². The first kappa shape index (κ1) is 18.1. The summed E-state index contributed by atoms with van der Waals surface area (Å²) in [7, 11) is 0. The number of carbonyl (C=O) groups excluding carboxylic acids is 2. The van der Waals surface area contributed by atoms with E-state index in [-0.39, 0.29) is 6.61 Å². The van der Waals surface area contributed by atoms with Crippen LogP contribution in [0, 0.1) is 0 Å². The predicted molar refractivity (Wildman–Crippen MR) is 104 cm³/mol. The topological polar surface area (TPSA) is 81.2 Å². The van der Waals surface area contributed by atoms with E-state index in [1.54, 1.807) is 30.0 Å². The van der Waals surface area contributed by atoms with Gasteiger partial charge in [-0.25, -0.2) is 4.79 Å². The lowest BCUT2D eigenvalue weighted by atomic mass is 10.2. The minimum atomic E-state index is -0.581. The van der Waals surface area contributed by atoms with Crippen molar-refractivity contribution in [3.05, 3.63) is 54.1 Å². The zero-order valence-electron chi connectivity index (χ0n) is 13.8. The van der Waals surface area contributed by atoms with Crippen LogP contribution in [0.3, 0.4) is 0 Å². The second-order valence-electron chi connectivity index (χ2n) is 5.20. The molecule has 0 fully saturated rings. The Hall–Kier alpha value is -2.71. The van der Waals surface area contributed by atoms with Gasteiger partial charge in [-0.05, 0) is 42.2 Å². The van der Waals surface area contributed by atoms with Crippen molar-refractivity contribution in [2.75, 3.05) is 18.2 Å². The fourth-order valence-electron chi connectivity index (χ4n) is 2.16. The van der Waals surface area contributed by atoms with Gasteiger partial charge in [0, 0.05) is 11.0 Å². The number of ether oxygens (including phenoxy) is 1. The van der Waals surface area contributed by atoms with E-state index in [1.165, 1.54) is 6.08 Å². The van der Waals surface area contributed by atoms with E-state index >= 15 is 0 Å². The van der Waals surface area contributed by atoms with Crippen LogP contribution in [0.5, 0.6) is 0 Å². The Bertz CT molecular complexity index is 952. The molecule has 1 amide bonds. The number of esters is 1. The molecule has 6 nitrogen and oxygen atoms in total. The Kier molecular flexibility index (Phi) is 5.98. The zero-order chi connectivity index (χ0) is 18.4. The van der Waals surface area contributed by atoms with Crippen LogP contribution in [0.25, 0.3) is 17.1 Å². The number of rotatable bonds is 6. The number of nitrogens with zero attached hydrogens (tertiary/aromatic N) is 2. The number of fused-ring (bicyclic) bond motifs is 1. The number of hydrogen-bond acceptors (Lipinski definition) is 7. The normalized spacial score (nSPS) is 11.0. The summed E-state index contributed by atoms with van der Waals surface area (Å²) in [5.41, 5.74) is 2.75. The Balaban J connectivity index is 1.51. The number of hydrogen-bond donors (Lipinski definition) is 1. The van der Waals surface area contributed by atoms with E-state index in [1.807, 2.05) is 36.6 Å². The van der Waals surface area contributed by atoms with Crippen LogP contribution in [-0.2, 0) is 14.3 Å². The average molecular weight is 385 g/mol. The SMILES string of the molecule is CSc1ccc(C=CC(=O)OCC(=O)Nc2cccc3nsnc23)cc1. The number of anilines is 1. The smallest absolute Gasteiger partial charge is 0.331 e. The summed E-state index contributed by atoms with van der Waals surface area (Å²) in [6.07, 6.45) is 4.94. The monoisotopic (exact) mass is 385 g/mol. The third-order valence-corrected chi connectivity index (χ3v) is 4.72. The lowest BCUT2D eigenvalue weighted by Crippen LogP contribution is -2.20. The molecule has 0 unspecified atom stereocenters. The number of benzene rings is 2. The van der Waals surface area contributed by atoms with Crippen molar-refractivity contribution in [2.45, 2.75) is 4.90 Å². The number of nitrogens with one attached hydrogen (secondary N) is 1. The molecule has 0 saturated heterocycles. The van der Waals surface area contributed by atoms with Gasteiger partial charge in [0.05, 0.1) is 17.4 Å². The molecule has 0 bridgehead atoms. The summed E-state index contributed by atoms with van der Waals surface area (Å²) in [4.78, 5) is 24.9. The molecule has 132 valence electrons. The first-order valence-electron chi connectivity index (χ1n) is 7.66. The molecule has 8 heteroatoms. The van der Waals surface area contributed by atoms with Gasteiger partial charge in [-0.1, -0.05) is 18.2 Å².